The van der Waals surface area contributed by atoms with Crippen molar-refractivity contribution in [3.8, 4) is 11.5 Å². The molecule has 1 aliphatic heterocycles. The smallest absolute Gasteiger partial charge is 0.220 e. The lowest BCUT2D eigenvalue weighted by molar-refractivity contribution is -0.123. The Balaban J connectivity index is 1.68. The molecule has 0 spiro atoms. The molecule has 0 radical (unpaired) electrons. The summed E-state index contributed by atoms with van der Waals surface area (Å²) in [7, 11) is 0. The van der Waals surface area contributed by atoms with Crippen LogP contribution in [-0.2, 0) is 11.3 Å². The van der Waals surface area contributed by atoms with Gasteiger partial charge in [0.2, 0.25) is 5.91 Å². The van der Waals surface area contributed by atoms with Crippen LogP contribution in [0.25, 0.3) is 0 Å². The van der Waals surface area contributed by atoms with E-state index in [2.05, 4.69) is 17.2 Å². The van der Waals surface area contributed by atoms with Gasteiger partial charge in [-0.05, 0) is 31.0 Å². The molecular weight excluding hydrogens is 382 g/mol. The number of aromatic nitrogens is 2. The zero-order chi connectivity index (χ0) is 21.3. The highest BCUT2D eigenvalue weighted by Crippen LogP contribution is 2.33. The van der Waals surface area contributed by atoms with Gasteiger partial charge in [0.15, 0.2) is 11.5 Å². The SMILES string of the molecule is CCCCCCCC(=O)N[C@H](Cn1ccnc1C)[C@@H](O)c1ccc2c(c1)OCCO2. The first-order valence-corrected chi connectivity index (χ1v) is 10.9. The molecule has 164 valence electrons. The van der Waals surface area contributed by atoms with Crippen molar-refractivity contribution in [1.29, 1.82) is 0 Å². The van der Waals surface area contributed by atoms with Crippen LogP contribution in [0.2, 0.25) is 0 Å². The summed E-state index contributed by atoms with van der Waals surface area (Å²) in [6.45, 7) is 5.52. The maximum absolute atomic E-state index is 12.6. The second kappa shape index (κ2) is 11.0. The number of hydrogen-bond acceptors (Lipinski definition) is 5. The highest BCUT2D eigenvalue weighted by Gasteiger charge is 2.25. The number of nitrogens with one attached hydrogen (secondary N) is 1. The monoisotopic (exact) mass is 415 g/mol. The molecule has 7 nitrogen and oxygen atoms in total. The van der Waals surface area contributed by atoms with Gasteiger partial charge in [-0.2, -0.15) is 0 Å². The van der Waals surface area contributed by atoms with Crippen LogP contribution in [-0.4, -0.2) is 39.8 Å². The first-order valence-electron chi connectivity index (χ1n) is 10.9. The predicted octanol–water partition coefficient (Wildman–Crippen LogP) is 3.54. The third-order valence-electron chi connectivity index (χ3n) is 5.46. The molecule has 1 amide bonds. The van der Waals surface area contributed by atoms with Crippen molar-refractivity contribution >= 4 is 5.91 Å². The zero-order valence-corrected chi connectivity index (χ0v) is 18.0. The number of amides is 1. The number of rotatable bonds is 11. The number of aliphatic hydroxyl groups excluding tert-OH is 1. The van der Waals surface area contributed by atoms with Crippen molar-refractivity contribution < 1.29 is 19.4 Å². The van der Waals surface area contributed by atoms with Gasteiger partial charge in [-0.3, -0.25) is 4.79 Å². The second-order valence-corrected chi connectivity index (χ2v) is 7.81. The zero-order valence-electron chi connectivity index (χ0n) is 18.0. The number of ether oxygens (including phenoxy) is 2. The van der Waals surface area contributed by atoms with Crippen LogP contribution in [0.3, 0.4) is 0 Å². The largest absolute Gasteiger partial charge is 0.486 e. The van der Waals surface area contributed by atoms with Crippen LogP contribution >= 0.6 is 0 Å². The quantitative estimate of drug-likeness (QED) is 0.548. The topological polar surface area (TPSA) is 85.6 Å². The van der Waals surface area contributed by atoms with Crippen molar-refractivity contribution in [2.45, 2.75) is 71.1 Å². The number of aliphatic hydroxyl groups is 1. The molecule has 3 rings (SSSR count). The van der Waals surface area contributed by atoms with Gasteiger partial charge in [-0.15, -0.1) is 0 Å². The summed E-state index contributed by atoms with van der Waals surface area (Å²) < 4.78 is 13.2. The Bertz CT molecular complexity index is 821. The van der Waals surface area contributed by atoms with Crippen LogP contribution < -0.4 is 14.8 Å². The van der Waals surface area contributed by atoms with E-state index < -0.39 is 12.1 Å². The van der Waals surface area contributed by atoms with E-state index in [1.807, 2.05) is 29.8 Å². The lowest BCUT2D eigenvalue weighted by atomic mass is 10.0. The Morgan fingerprint density at radius 3 is 2.70 bits per heavy atom. The molecule has 2 atom stereocenters. The standard InChI is InChI=1S/C23H33N3O4/c1-3-4-5-6-7-8-22(27)25-19(16-26-12-11-24-17(26)2)23(28)18-9-10-20-21(15-18)30-14-13-29-20/h9-12,15,19,23,28H,3-8,13-14,16H2,1-2H3,(H,25,27)/t19-,23+/m1/s1. The van der Waals surface area contributed by atoms with Crippen LogP contribution in [0.1, 0.15) is 62.9 Å². The summed E-state index contributed by atoms with van der Waals surface area (Å²) in [5.74, 6) is 2.10. The summed E-state index contributed by atoms with van der Waals surface area (Å²) in [5.41, 5.74) is 0.685. The van der Waals surface area contributed by atoms with Crippen LogP contribution in [0.15, 0.2) is 30.6 Å². The molecule has 0 saturated carbocycles. The number of carbonyl (C=O) groups is 1. The third kappa shape index (κ3) is 5.98. The summed E-state index contributed by atoms with van der Waals surface area (Å²) in [6, 6.07) is 4.94. The van der Waals surface area contributed by atoms with Crippen molar-refractivity contribution in [1.82, 2.24) is 14.9 Å². The van der Waals surface area contributed by atoms with Gasteiger partial charge < -0.3 is 24.5 Å². The second-order valence-electron chi connectivity index (χ2n) is 7.81. The summed E-state index contributed by atoms with van der Waals surface area (Å²) >= 11 is 0. The van der Waals surface area contributed by atoms with Gasteiger partial charge in [0, 0.05) is 25.4 Å². The first-order chi connectivity index (χ1) is 14.6. The summed E-state index contributed by atoms with van der Waals surface area (Å²) in [4.78, 5) is 16.8. The number of nitrogens with zero attached hydrogens (tertiary/aromatic N) is 2. The normalized spacial score (nSPS) is 14.9. The average molecular weight is 416 g/mol. The molecule has 2 heterocycles. The summed E-state index contributed by atoms with van der Waals surface area (Å²) in [5, 5.41) is 14.2. The van der Waals surface area contributed by atoms with E-state index >= 15 is 0 Å². The van der Waals surface area contributed by atoms with Crippen molar-refractivity contribution in [3.05, 3.63) is 42.0 Å². The van der Waals surface area contributed by atoms with Crippen molar-refractivity contribution in [2.24, 2.45) is 0 Å². The molecule has 0 fully saturated rings. The highest BCUT2D eigenvalue weighted by molar-refractivity contribution is 5.76. The van der Waals surface area contributed by atoms with E-state index in [-0.39, 0.29) is 5.91 Å². The molecule has 7 heteroatoms. The number of carbonyl (C=O) groups excluding carboxylic acids is 1. The maximum Gasteiger partial charge on any atom is 0.220 e. The van der Waals surface area contributed by atoms with Crippen molar-refractivity contribution in [2.75, 3.05) is 13.2 Å². The average Bonchev–Trinajstić information content (AvgIpc) is 3.16. The molecule has 0 bridgehead atoms. The van der Waals surface area contributed by atoms with E-state index in [9.17, 15) is 9.90 Å². The van der Waals surface area contributed by atoms with Crippen molar-refractivity contribution in [3.63, 3.8) is 0 Å². The number of fused-ring (bicyclic) bond motifs is 1. The summed E-state index contributed by atoms with van der Waals surface area (Å²) in [6.07, 6.45) is 8.62. The number of hydrogen-bond donors (Lipinski definition) is 2. The molecule has 1 aromatic carbocycles. The third-order valence-corrected chi connectivity index (χ3v) is 5.46. The Morgan fingerprint density at radius 1 is 1.20 bits per heavy atom. The minimum absolute atomic E-state index is 0.0362. The fourth-order valence-corrected chi connectivity index (χ4v) is 3.68. The van der Waals surface area contributed by atoms with Gasteiger partial charge in [0.25, 0.3) is 0 Å². The molecule has 2 N–H and O–H groups in total. The minimum atomic E-state index is -0.883. The van der Waals surface area contributed by atoms with E-state index in [1.165, 1.54) is 12.8 Å². The van der Waals surface area contributed by atoms with Gasteiger partial charge in [-0.1, -0.05) is 38.7 Å². The molecule has 2 aromatic rings. The number of benzene rings is 1. The van der Waals surface area contributed by atoms with E-state index in [1.54, 1.807) is 12.3 Å². The van der Waals surface area contributed by atoms with Crippen LogP contribution in [0.4, 0.5) is 0 Å². The van der Waals surface area contributed by atoms with Crippen LogP contribution in [0.5, 0.6) is 11.5 Å². The number of unbranched alkanes of at least 4 members (excludes halogenated alkanes) is 4. The molecule has 1 aromatic heterocycles. The highest BCUT2D eigenvalue weighted by atomic mass is 16.6. The molecule has 0 unspecified atom stereocenters. The predicted molar refractivity (Wildman–Crippen MR) is 115 cm³/mol. The maximum atomic E-state index is 12.6. The fourth-order valence-electron chi connectivity index (χ4n) is 3.68. The fraction of sp³-hybridized carbons (Fsp3) is 0.565. The Morgan fingerprint density at radius 2 is 1.97 bits per heavy atom. The molecule has 1 aliphatic rings. The van der Waals surface area contributed by atoms with Gasteiger partial charge in [0.05, 0.1) is 6.04 Å². The van der Waals surface area contributed by atoms with Gasteiger partial charge in [-0.25, -0.2) is 4.98 Å². The molecular formula is C23H33N3O4. The van der Waals surface area contributed by atoms with Gasteiger partial charge in [0.1, 0.15) is 25.1 Å². The van der Waals surface area contributed by atoms with Crippen LogP contribution in [0, 0.1) is 6.92 Å². The minimum Gasteiger partial charge on any atom is -0.486 e. The Kier molecular flexibility index (Phi) is 8.13. The molecule has 0 saturated heterocycles. The van der Waals surface area contributed by atoms with E-state index in [0.29, 0.717) is 43.2 Å². The lowest BCUT2D eigenvalue weighted by Crippen LogP contribution is -2.42. The first kappa shape index (κ1) is 22.2. The van der Waals surface area contributed by atoms with E-state index in [4.69, 9.17) is 9.47 Å². The number of imidazole rings is 1. The van der Waals surface area contributed by atoms with Gasteiger partial charge >= 0.3 is 0 Å². The molecule has 0 aliphatic carbocycles. The Hall–Kier alpha value is -2.54. The van der Waals surface area contributed by atoms with E-state index in [0.717, 1.165) is 25.1 Å². The molecule has 30 heavy (non-hydrogen) atoms. The Labute approximate surface area is 178 Å². The lowest BCUT2D eigenvalue weighted by Gasteiger charge is -2.27. The number of aryl methyl sites for hydroxylation is 1.